The Morgan fingerprint density at radius 1 is 0.889 bits per heavy atom. The summed E-state index contributed by atoms with van der Waals surface area (Å²) in [5.74, 6) is 1.66. The van der Waals surface area contributed by atoms with Gasteiger partial charge in [-0.15, -0.1) is 10.2 Å². The number of aromatic nitrogens is 2. The average molecular weight is 425 g/mol. The minimum atomic E-state index is -0.113. The van der Waals surface area contributed by atoms with Crippen molar-refractivity contribution in [2.45, 2.75) is 21.8 Å². The van der Waals surface area contributed by atoms with E-state index in [0.717, 1.165) is 0 Å². The van der Waals surface area contributed by atoms with Crippen LogP contribution in [-0.4, -0.2) is 33.5 Å². The van der Waals surface area contributed by atoms with Crippen LogP contribution in [0, 0.1) is 0 Å². The number of nitrogens with one attached hydrogen (secondary N) is 2. The van der Waals surface area contributed by atoms with Crippen molar-refractivity contribution in [3.05, 3.63) is 48.3 Å². The molecule has 0 saturated carbocycles. The molecule has 27 heavy (non-hydrogen) atoms. The molecule has 8 nitrogen and oxygen atoms in total. The summed E-state index contributed by atoms with van der Waals surface area (Å²) >= 11 is 3.97. The highest BCUT2D eigenvalue weighted by Crippen LogP contribution is 2.28. The van der Waals surface area contributed by atoms with E-state index in [1.54, 1.807) is 36.8 Å². The molecular weight excluding hydrogens is 408 g/mol. The Morgan fingerprint density at radius 2 is 1.37 bits per heavy atom. The molecule has 3 aromatic heterocycles. The largest absolute Gasteiger partial charge is 0.467 e. The van der Waals surface area contributed by atoms with Gasteiger partial charge in [0, 0.05) is 0 Å². The van der Waals surface area contributed by atoms with Crippen LogP contribution in [0.2, 0.25) is 0 Å². The van der Waals surface area contributed by atoms with Crippen molar-refractivity contribution in [1.29, 1.82) is 0 Å². The molecule has 0 aromatic carbocycles. The zero-order valence-electron chi connectivity index (χ0n) is 14.0. The van der Waals surface area contributed by atoms with Crippen molar-refractivity contribution in [2.24, 2.45) is 0 Å². The van der Waals surface area contributed by atoms with Gasteiger partial charge in [0.15, 0.2) is 8.68 Å². The fraction of sp³-hybridized carbons (Fsp3) is 0.250. The van der Waals surface area contributed by atoms with Crippen LogP contribution in [0.15, 0.2) is 54.3 Å². The molecule has 142 valence electrons. The lowest BCUT2D eigenvalue weighted by molar-refractivity contribution is -0.119. The van der Waals surface area contributed by atoms with Crippen molar-refractivity contribution < 1.29 is 18.4 Å². The minimum absolute atomic E-state index is 0.113. The third-order valence-corrected chi connectivity index (χ3v) is 6.31. The molecule has 0 bridgehead atoms. The van der Waals surface area contributed by atoms with Crippen LogP contribution in [0.25, 0.3) is 0 Å². The van der Waals surface area contributed by atoms with Crippen LogP contribution in [0.5, 0.6) is 0 Å². The Labute approximate surface area is 167 Å². The number of amides is 2. The quantitative estimate of drug-likeness (QED) is 0.478. The van der Waals surface area contributed by atoms with Gasteiger partial charge in [0.05, 0.1) is 37.1 Å². The fourth-order valence-electron chi connectivity index (χ4n) is 1.87. The standard InChI is InChI=1S/C16H16N4O4S3/c21-13(17-7-11-3-1-5-23-11)9-25-15-19-20-16(27-15)26-10-14(22)18-8-12-4-2-6-24-12/h1-6H,7-10H2,(H,17,21)(H,18,22). The van der Waals surface area contributed by atoms with Crippen molar-refractivity contribution in [3.8, 4) is 0 Å². The summed E-state index contributed by atoms with van der Waals surface area (Å²) in [6.07, 6.45) is 3.13. The first-order valence-electron chi connectivity index (χ1n) is 7.86. The second-order valence-electron chi connectivity index (χ2n) is 5.12. The predicted octanol–water partition coefficient (Wildman–Crippen LogP) is 2.54. The van der Waals surface area contributed by atoms with E-state index in [1.807, 2.05) is 0 Å². The predicted molar refractivity (Wildman–Crippen MR) is 102 cm³/mol. The van der Waals surface area contributed by atoms with E-state index < -0.39 is 0 Å². The van der Waals surface area contributed by atoms with Crippen LogP contribution in [0.1, 0.15) is 11.5 Å². The Morgan fingerprint density at radius 3 is 1.78 bits per heavy atom. The lowest BCUT2D eigenvalue weighted by atomic mass is 10.4. The summed E-state index contributed by atoms with van der Waals surface area (Å²) in [7, 11) is 0. The van der Waals surface area contributed by atoms with Gasteiger partial charge in [-0.1, -0.05) is 34.9 Å². The molecule has 11 heteroatoms. The highest BCUT2D eigenvalue weighted by Gasteiger charge is 2.11. The van der Waals surface area contributed by atoms with E-state index in [0.29, 0.717) is 33.3 Å². The van der Waals surface area contributed by atoms with Crippen LogP contribution >= 0.6 is 34.9 Å². The van der Waals surface area contributed by atoms with Crippen molar-refractivity contribution >= 4 is 46.7 Å². The van der Waals surface area contributed by atoms with Crippen molar-refractivity contribution in [1.82, 2.24) is 20.8 Å². The van der Waals surface area contributed by atoms with Gasteiger partial charge >= 0.3 is 0 Å². The first kappa shape index (κ1) is 19.5. The minimum Gasteiger partial charge on any atom is -0.467 e. The van der Waals surface area contributed by atoms with Gasteiger partial charge in [-0.05, 0) is 24.3 Å². The molecule has 2 N–H and O–H groups in total. The lowest BCUT2D eigenvalue weighted by Crippen LogP contribution is -2.24. The molecule has 3 heterocycles. The first-order chi connectivity index (χ1) is 13.2. The first-order valence-corrected chi connectivity index (χ1v) is 10.6. The molecule has 0 unspecified atom stereocenters. The maximum Gasteiger partial charge on any atom is 0.230 e. The van der Waals surface area contributed by atoms with E-state index in [9.17, 15) is 9.59 Å². The van der Waals surface area contributed by atoms with Crippen LogP contribution in [-0.2, 0) is 22.7 Å². The van der Waals surface area contributed by atoms with Crippen molar-refractivity contribution in [2.75, 3.05) is 11.5 Å². The average Bonchev–Trinajstić information content (AvgIpc) is 3.44. The second-order valence-corrected chi connectivity index (χ2v) is 8.55. The number of carbonyl (C=O) groups excluding carboxylic acids is 2. The summed E-state index contributed by atoms with van der Waals surface area (Å²) in [4.78, 5) is 23.6. The lowest BCUT2D eigenvalue weighted by Gasteiger charge is -2.01. The zero-order chi connectivity index (χ0) is 18.9. The SMILES string of the molecule is O=C(CSc1nnc(SCC(=O)NCc2ccco2)s1)NCc1ccco1. The molecule has 0 radical (unpaired) electrons. The maximum atomic E-state index is 11.8. The van der Waals surface area contributed by atoms with Gasteiger partial charge in [0.25, 0.3) is 0 Å². The van der Waals surface area contributed by atoms with E-state index in [2.05, 4.69) is 20.8 Å². The number of carbonyl (C=O) groups is 2. The van der Waals surface area contributed by atoms with Crippen LogP contribution < -0.4 is 10.6 Å². The highest BCUT2D eigenvalue weighted by molar-refractivity contribution is 8.03. The Balaban J connectivity index is 1.33. The van der Waals surface area contributed by atoms with Gasteiger partial charge in [-0.25, -0.2) is 0 Å². The number of thioether (sulfide) groups is 2. The molecule has 0 fully saturated rings. The molecule has 3 rings (SSSR count). The van der Waals surface area contributed by atoms with Crippen LogP contribution in [0.3, 0.4) is 0 Å². The molecule has 0 aliphatic rings. The van der Waals surface area contributed by atoms with Gasteiger partial charge in [-0.3, -0.25) is 9.59 Å². The fourth-order valence-corrected chi connectivity index (χ4v) is 4.55. The number of rotatable bonds is 10. The van der Waals surface area contributed by atoms with E-state index in [-0.39, 0.29) is 23.3 Å². The smallest absolute Gasteiger partial charge is 0.230 e. The molecular formula is C16H16N4O4S3. The molecule has 0 spiro atoms. The van der Waals surface area contributed by atoms with Gasteiger partial charge < -0.3 is 19.5 Å². The maximum absolute atomic E-state index is 11.8. The third-order valence-electron chi connectivity index (χ3n) is 3.12. The monoisotopic (exact) mass is 424 g/mol. The Kier molecular flexibility index (Phi) is 7.36. The zero-order valence-corrected chi connectivity index (χ0v) is 16.5. The summed E-state index contributed by atoms with van der Waals surface area (Å²) in [5.41, 5.74) is 0. The summed E-state index contributed by atoms with van der Waals surface area (Å²) in [6, 6.07) is 7.14. The summed E-state index contributed by atoms with van der Waals surface area (Å²) in [5, 5.41) is 13.6. The van der Waals surface area contributed by atoms with Crippen molar-refractivity contribution in [3.63, 3.8) is 0 Å². The van der Waals surface area contributed by atoms with E-state index >= 15 is 0 Å². The summed E-state index contributed by atoms with van der Waals surface area (Å²) in [6.45, 7) is 0.716. The summed E-state index contributed by atoms with van der Waals surface area (Å²) < 4.78 is 11.7. The normalized spacial score (nSPS) is 10.7. The second kappa shape index (κ2) is 10.2. The molecule has 3 aromatic rings. The van der Waals surface area contributed by atoms with E-state index in [1.165, 1.54) is 34.9 Å². The number of furan rings is 2. The molecule has 0 aliphatic heterocycles. The van der Waals surface area contributed by atoms with E-state index in [4.69, 9.17) is 8.83 Å². The van der Waals surface area contributed by atoms with Gasteiger partial charge in [0.2, 0.25) is 11.8 Å². The molecule has 0 saturated heterocycles. The van der Waals surface area contributed by atoms with Gasteiger partial charge in [-0.2, -0.15) is 0 Å². The number of nitrogens with zero attached hydrogens (tertiary/aromatic N) is 2. The molecule has 2 amide bonds. The highest BCUT2D eigenvalue weighted by atomic mass is 32.2. The van der Waals surface area contributed by atoms with Gasteiger partial charge in [0.1, 0.15) is 11.5 Å². The molecule has 0 aliphatic carbocycles. The number of hydrogen-bond donors (Lipinski definition) is 2. The Bertz CT molecular complexity index is 780. The Hall–Kier alpha value is -2.24. The number of hydrogen-bond acceptors (Lipinski definition) is 9. The topological polar surface area (TPSA) is 110 Å². The molecule has 0 atom stereocenters. The third kappa shape index (κ3) is 6.77. The van der Waals surface area contributed by atoms with Crippen LogP contribution in [0.4, 0.5) is 0 Å².